The third kappa shape index (κ3) is 8.95. The number of aliphatic hydroxyl groups excluding tert-OH is 1. The highest BCUT2D eigenvalue weighted by Gasteiger charge is 2.30. The van der Waals surface area contributed by atoms with Crippen molar-refractivity contribution in [3.8, 4) is 0 Å². The minimum atomic E-state index is -3.72. The maximum absolute atomic E-state index is 12.4. The van der Waals surface area contributed by atoms with Crippen molar-refractivity contribution in [2.75, 3.05) is 12.9 Å². The zero-order chi connectivity index (χ0) is 23.6. The third-order valence-electron chi connectivity index (χ3n) is 4.35. The Morgan fingerprint density at radius 3 is 2.23 bits per heavy atom. The lowest BCUT2D eigenvalue weighted by Gasteiger charge is -2.27. The lowest BCUT2D eigenvalue weighted by atomic mass is 10.0. The number of aliphatic hydroxyl groups is 1. The van der Waals surface area contributed by atoms with E-state index in [9.17, 15) is 23.1 Å². The fraction of sp³-hybridized carbons (Fsp3) is 0.333. The molecule has 3 atom stereocenters. The third-order valence-corrected chi connectivity index (χ3v) is 5.08. The van der Waals surface area contributed by atoms with Gasteiger partial charge in [0.05, 0.1) is 31.6 Å². The molecule has 5 N–H and O–H groups in total. The van der Waals surface area contributed by atoms with E-state index in [1.165, 1.54) is 5.73 Å². The number of primary amides is 1. The van der Waals surface area contributed by atoms with Gasteiger partial charge in [0, 0.05) is 0 Å². The number of sulfonamides is 1. The van der Waals surface area contributed by atoms with Crippen LogP contribution >= 0.6 is 0 Å². The maximum Gasteiger partial charge on any atom is 0.286 e. The summed E-state index contributed by atoms with van der Waals surface area (Å²) in [5, 5.41) is 13.3. The van der Waals surface area contributed by atoms with Crippen LogP contribution in [0.15, 0.2) is 60.7 Å². The van der Waals surface area contributed by atoms with Gasteiger partial charge >= 0.3 is 0 Å². The first-order valence-corrected chi connectivity index (χ1v) is 11.4. The average Bonchev–Trinajstić information content (AvgIpc) is 2.77. The molecule has 0 heterocycles. The summed E-state index contributed by atoms with van der Waals surface area (Å²) in [4.78, 5) is 24.2. The highest BCUT2D eigenvalue weighted by molar-refractivity contribution is 7.88. The molecule has 31 heavy (non-hydrogen) atoms. The lowest BCUT2D eigenvalue weighted by molar-refractivity contribution is -0.137. The molecule has 0 aliphatic carbocycles. The Labute approximate surface area is 183 Å². The normalized spacial score (nSPS) is 14.8. The second kappa shape index (κ2) is 11.7. The van der Waals surface area contributed by atoms with Gasteiger partial charge in [-0.2, -0.15) is 0 Å². The van der Waals surface area contributed by atoms with E-state index >= 15 is 0 Å². The van der Waals surface area contributed by atoms with Gasteiger partial charge in [0.15, 0.2) is 1.41 Å². The molecule has 2 rings (SSSR count). The second-order valence-corrected chi connectivity index (χ2v) is 8.82. The number of hydrogen-bond donors (Lipinski definition) is 4. The summed E-state index contributed by atoms with van der Waals surface area (Å²) in [6, 6.07) is 15.6. The van der Waals surface area contributed by atoms with Crippen LogP contribution < -0.4 is 15.8 Å². The number of amides is 1. The first-order valence-electron chi connectivity index (χ1n) is 10.0. The van der Waals surface area contributed by atoms with Crippen LogP contribution in [0.1, 0.15) is 11.1 Å². The van der Waals surface area contributed by atoms with Crippen molar-refractivity contribution < 1.29 is 29.3 Å². The molecule has 9 nitrogen and oxygen atoms in total. The Balaban J connectivity index is 2.12. The van der Waals surface area contributed by atoms with Crippen LogP contribution in [-0.2, 0) is 37.4 Å². The van der Waals surface area contributed by atoms with E-state index in [0.29, 0.717) is 5.56 Å². The van der Waals surface area contributed by atoms with Crippen molar-refractivity contribution in [1.29, 1.82) is 0 Å². The van der Waals surface area contributed by atoms with Crippen LogP contribution in [0, 0.1) is 0 Å². The maximum atomic E-state index is 12.4. The van der Waals surface area contributed by atoms with Gasteiger partial charge in [-0.15, -0.1) is 0 Å². The van der Waals surface area contributed by atoms with Gasteiger partial charge in [-0.25, -0.2) is 13.1 Å². The minimum Gasteiger partial charge on any atom is -0.377 e. The Morgan fingerprint density at radius 2 is 1.68 bits per heavy atom. The Hall–Kier alpha value is -2.63. The number of nitrogens with one attached hydrogen (secondary N) is 2. The fourth-order valence-corrected chi connectivity index (χ4v) is 3.65. The SMILES string of the molecule is [2H]NC(=O)C(=O)[C@H](Cc1ccccc1)NC(O)[C@@H](COCc1ccccc1)NS(C)(=O)=O. The van der Waals surface area contributed by atoms with Gasteiger partial charge in [-0.1, -0.05) is 60.7 Å². The van der Waals surface area contributed by atoms with Crippen LogP contribution in [0.2, 0.25) is 1.41 Å². The molecule has 0 aromatic heterocycles. The monoisotopic (exact) mass is 450 g/mol. The largest absolute Gasteiger partial charge is 0.377 e. The molecule has 0 saturated carbocycles. The van der Waals surface area contributed by atoms with Gasteiger partial charge in [0.2, 0.25) is 15.8 Å². The summed E-state index contributed by atoms with van der Waals surface area (Å²) in [7, 11) is -3.72. The summed E-state index contributed by atoms with van der Waals surface area (Å²) in [5.41, 5.74) is 3.09. The van der Waals surface area contributed by atoms with Crippen LogP contribution in [-0.4, -0.2) is 56.4 Å². The molecule has 0 spiro atoms. The van der Waals surface area contributed by atoms with Crippen molar-refractivity contribution in [1.82, 2.24) is 10.0 Å². The highest BCUT2D eigenvalue weighted by atomic mass is 32.2. The first kappa shape index (κ1) is 23.0. The van der Waals surface area contributed by atoms with E-state index in [4.69, 9.17) is 6.15 Å². The molecule has 1 unspecified atom stereocenters. The molecule has 2 aromatic rings. The molecule has 0 radical (unpaired) electrons. The molecule has 0 saturated heterocycles. The predicted octanol–water partition coefficient (Wildman–Crippen LogP) is -0.305. The number of ketones is 1. The van der Waals surface area contributed by atoms with Crippen molar-refractivity contribution in [2.24, 2.45) is 5.73 Å². The molecule has 0 fully saturated rings. The minimum absolute atomic E-state index is 0.0423. The van der Waals surface area contributed by atoms with E-state index in [1.807, 2.05) is 30.3 Å². The number of carbonyl (C=O) groups excluding carboxylic acids is 2. The number of Topliss-reactive ketones (excluding diaryl/α,β-unsaturated/α-hetero) is 1. The van der Waals surface area contributed by atoms with E-state index in [2.05, 4.69) is 10.0 Å². The second-order valence-electron chi connectivity index (χ2n) is 7.04. The van der Waals surface area contributed by atoms with Crippen molar-refractivity contribution in [2.45, 2.75) is 31.3 Å². The summed E-state index contributed by atoms with van der Waals surface area (Å²) < 4.78 is 38.3. The molecule has 1 amide bonds. The number of nitrogens with two attached hydrogens (primary N) is 1. The van der Waals surface area contributed by atoms with Crippen LogP contribution in [0.3, 0.4) is 0 Å². The van der Waals surface area contributed by atoms with Crippen molar-refractivity contribution in [3.05, 3.63) is 71.8 Å². The summed E-state index contributed by atoms with van der Waals surface area (Å²) in [6.45, 7) is -0.0177. The van der Waals surface area contributed by atoms with Crippen LogP contribution in [0.4, 0.5) is 0 Å². The van der Waals surface area contributed by atoms with Gasteiger partial charge in [-0.05, 0) is 17.5 Å². The molecule has 10 heteroatoms. The highest BCUT2D eigenvalue weighted by Crippen LogP contribution is 2.07. The smallest absolute Gasteiger partial charge is 0.286 e. The van der Waals surface area contributed by atoms with Crippen LogP contribution in [0.25, 0.3) is 0 Å². The average molecular weight is 451 g/mol. The molecular weight excluding hydrogens is 422 g/mol. The zero-order valence-corrected chi connectivity index (χ0v) is 17.8. The molecule has 2 aromatic carbocycles. The van der Waals surface area contributed by atoms with Gasteiger partial charge < -0.3 is 15.6 Å². The fourth-order valence-electron chi connectivity index (χ4n) is 2.90. The van der Waals surface area contributed by atoms with E-state index in [0.717, 1.165) is 11.8 Å². The Bertz CT molecular complexity index is 976. The number of benzene rings is 2. The van der Waals surface area contributed by atoms with Crippen molar-refractivity contribution in [3.63, 3.8) is 0 Å². The van der Waals surface area contributed by atoms with Gasteiger partial charge in [0.1, 0.15) is 6.23 Å². The summed E-state index contributed by atoms with van der Waals surface area (Å²) >= 11 is 0. The van der Waals surface area contributed by atoms with Gasteiger partial charge in [0.25, 0.3) is 5.91 Å². The van der Waals surface area contributed by atoms with Crippen molar-refractivity contribution >= 4 is 21.7 Å². The standard InChI is InChI=1S/C21H27N3O6S/c1-31(28,29)24-18(14-30-13-16-10-6-3-7-11-16)21(27)23-17(19(25)20(22)26)12-15-8-4-2-5-9-15/h2-11,17-18,21,23-24,27H,12-14H2,1H3,(H2,22,26)/t17-,18+,21?/m0/s1/i/hD. The summed E-state index contributed by atoms with van der Waals surface area (Å²) in [5.74, 6) is -2.12. The Kier molecular flexibility index (Phi) is 8.68. The van der Waals surface area contributed by atoms with Crippen LogP contribution in [0.5, 0.6) is 0 Å². The van der Waals surface area contributed by atoms with E-state index in [-0.39, 0.29) is 19.6 Å². The quantitative estimate of drug-likeness (QED) is 0.242. The van der Waals surface area contributed by atoms with E-state index < -0.39 is 40.0 Å². The Morgan fingerprint density at radius 1 is 1.10 bits per heavy atom. The first-order chi connectivity index (χ1) is 15.2. The number of ether oxygens (including phenoxy) is 1. The molecule has 0 bridgehead atoms. The molecule has 0 aliphatic rings. The molecule has 0 aliphatic heterocycles. The number of rotatable bonds is 13. The topological polar surface area (TPSA) is 148 Å². The lowest BCUT2D eigenvalue weighted by Crippen LogP contribution is -2.57. The summed E-state index contributed by atoms with van der Waals surface area (Å²) in [6.07, 6.45) is -0.582. The molecule has 168 valence electrons. The molecular formula is C21H27N3O6S. The number of carbonyl (C=O) groups is 2. The van der Waals surface area contributed by atoms with E-state index in [1.54, 1.807) is 30.3 Å². The predicted molar refractivity (Wildman–Crippen MR) is 115 cm³/mol. The zero-order valence-electron chi connectivity index (χ0n) is 18.0. The number of hydrogen-bond acceptors (Lipinski definition) is 7. The van der Waals surface area contributed by atoms with Gasteiger partial charge in [-0.3, -0.25) is 14.9 Å².